The highest BCUT2D eigenvalue weighted by molar-refractivity contribution is 6.33. The molecule has 10 nitrogen and oxygen atoms in total. The average molecular weight is 365 g/mol. The summed E-state index contributed by atoms with van der Waals surface area (Å²) >= 11 is 6.27. The molecule has 0 saturated carbocycles. The van der Waals surface area contributed by atoms with Crippen LogP contribution in [0.4, 0.5) is 17.3 Å². The van der Waals surface area contributed by atoms with E-state index in [-0.39, 0.29) is 35.6 Å². The number of fused-ring (bicyclic) bond motifs is 1. The fraction of sp³-hybridized carbons (Fsp3) is 0.286. The molecule has 6 N–H and O–H groups in total. The second-order valence-electron chi connectivity index (χ2n) is 5.28. The summed E-state index contributed by atoms with van der Waals surface area (Å²) in [5, 5.41) is 11.8. The molecule has 11 heteroatoms. The lowest BCUT2D eigenvalue weighted by Crippen LogP contribution is -2.44. The summed E-state index contributed by atoms with van der Waals surface area (Å²) in [5.41, 5.74) is 5.47. The molecule has 3 heterocycles. The van der Waals surface area contributed by atoms with E-state index >= 15 is 0 Å². The lowest BCUT2D eigenvalue weighted by Gasteiger charge is -2.19. The Kier molecular flexibility index (Phi) is 5.12. The van der Waals surface area contributed by atoms with E-state index in [4.69, 9.17) is 17.3 Å². The van der Waals surface area contributed by atoms with Crippen molar-refractivity contribution in [3.63, 3.8) is 0 Å². The Morgan fingerprint density at radius 1 is 1.20 bits per heavy atom. The summed E-state index contributed by atoms with van der Waals surface area (Å²) in [4.78, 5) is 32.9. The van der Waals surface area contributed by atoms with Crippen LogP contribution >= 0.6 is 11.6 Å². The molecule has 0 fully saturated rings. The van der Waals surface area contributed by atoms with Gasteiger partial charge in [-0.05, 0) is 6.07 Å². The van der Waals surface area contributed by atoms with Gasteiger partial charge in [0.05, 0.1) is 18.4 Å². The van der Waals surface area contributed by atoms with E-state index in [0.717, 1.165) is 0 Å². The van der Waals surface area contributed by atoms with Crippen molar-refractivity contribution in [2.75, 3.05) is 30.8 Å². The van der Waals surface area contributed by atoms with E-state index in [1.165, 1.54) is 23.0 Å². The molecule has 0 unspecified atom stereocenters. The van der Waals surface area contributed by atoms with E-state index in [1.807, 2.05) is 0 Å². The number of hydrogen-bond acceptors (Lipinski definition) is 8. The van der Waals surface area contributed by atoms with Crippen LogP contribution in [0.3, 0.4) is 0 Å². The van der Waals surface area contributed by atoms with Gasteiger partial charge >= 0.3 is 0 Å². The molecule has 1 aliphatic heterocycles. The van der Waals surface area contributed by atoms with E-state index in [1.54, 1.807) is 0 Å². The SMILES string of the molecule is Nc1cc(Nc2cc(Cl)c3n(c2=O)CNCCNCNC3=O)ncn1. The van der Waals surface area contributed by atoms with Crippen LogP contribution in [0.25, 0.3) is 0 Å². The summed E-state index contributed by atoms with van der Waals surface area (Å²) in [6.07, 6.45) is 1.28. The number of carbonyl (C=O) groups excluding carboxylic acids is 1. The Morgan fingerprint density at radius 3 is 2.80 bits per heavy atom. The Labute approximate surface area is 147 Å². The molecule has 1 aliphatic rings. The Balaban J connectivity index is 2.03. The molecule has 3 rings (SSSR count). The average Bonchev–Trinajstić information content (AvgIpc) is 2.57. The van der Waals surface area contributed by atoms with E-state index in [2.05, 4.69) is 31.2 Å². The fourth-order valence-corrected chi connectivity index (χ4v) is 2.66. The summed E-state index contributed by atoms with van der Waals surface area (Å²) in [7, 11) is 0. The monoisotopic (exact) mass is 364 g/mol. The third-order valence-corrected chi connectivity index (χ3v) is 3.82. The predicted octanol–water partition coefficient (Wildman–Crippen LogP) is -0.545. The van der Waals surface area contributed by atoms with Crippen molar-refractivity contribution in [3.05, 3.63) is 39.5 Å². The van der Waals surface area contributed by atoms with Gasteiger partial charge in [0.2, 0.25) is 0 Å². The smallest absolute Gasteiger partial charge is 0.276 e. The summed E-state index contributed by atoms with van der Waals surface area (Å²) in [5.74, 6) is 0.176. The maximum absolute atomic E-state index is 12.8. The number of pyridine rings is 1. The summed E-state index contributed by atoms with van der Waals surface area (Å²) in [6.45, 7) is 1.70. The lowest BCUT2D eigenvalue weighted by atomic mass is 10.2. The zero-order chi connectivity index (χ0) is 17.8. The number of nitrogens with two attached hydrogens (primary N) is 1. The first-order valence-corrected chi connectivity index (χ1v) is 7.91. The van der Waals surface area contributed by atoms with Crippen molar-refractivity contribution < 1.29 is 4.79 Å². The molecule has 0 aliphatic carbocycles. The maximum Gasteiger partial charge on any atom is 0.276 e. The minimum Gasteiger partial charge on any atom is -0.384 e. The number of nitrogens with one attached hydrogen (secondary N) is 4. The van der Waals surface area contributed by atoms with Gasteiger partial charge in [-0.2, -0.15) is 0 Å². The van der Waals surface area contributed by atoms with E-state index in [9.17, 15) is 9.59 Å². The molecule has 25 heavy (non-hydrogen) atoms. The molecular weight excluding hydrogens is 348 g/mol. The Bertz CT molecular complexity index is 853. The highest BCUT2D eigenvalue weighted by atomic mass is 35.5. The fourth-order valence-electron chi connectivity index (χ4n) is 2.37. The topological polar surface area (TPSA) is 139 Å². The van der Waals surface area contributed by atoms with Crippen molar-refractivity contribution >= 4 is 34.8 Å². The molecule has 0 saturated heterocycles. The Morgan fingerprint density at radius 2 is 2.00 bits per heavy atom. The van der Waals surface area contributed by atoms with Crippen LogP contribution < -0.4 is 32.6 Å². The van der Waals surface area contributed by atoms with Crippen molar-refractivity contribution in [3.8, 4) is 0 Å². The zero-order valence-electron chi connectivity index (χ0n) is 13.2. The third-order valence-electron chi connectivity index (χ3n) is 3.53. The van der Waals surface area contributed by atoms with Gasteiger partial charge < -0.3 is 16.4 Å². The van der Waals surface area contributed by atoms with Gasteiger partial charge in [0, 0.05) is 19.2 Å². The van der Waals surface area contributed by atoms with Crippen molar-refractivity contribution in [1.29, 1.82) is 0 Å². The van der Waals surface area contributed by atoms with Crippen molar-refractivity contribution in [2.45, 2.75) is 6.67 Å². The second kappa shape index (κ2) is 7.47. The first-order valence-electron chi connectivity index (χ1n) is 7.54. The minimum atomic E-state index is -0.434. The standard InChI is InChI=1S/C14H17ClN8O2/c15-8-3-9(22-11-4-10(16)19-6-20-11)14(25)23-7-18-2-1-17-5-21-13(24)12(8)23/h3-4,6,17-18H,1-2,5,7H2,(H,21,24)(H3,16,19,20,22). The molecule has 1 amide bonds. The second-order valence-corrected chi connectivity index (χ2v) is 5.69. The normalized spacial score (nSPS) is 15.2. The molecular formula is C14H17ClN8O2. The molecule has 132 valence electrons. The molecule has 2 aromatic rings. The van der Waals surface area contributed by atoms with Crippen molar-refractivity contribution in [1.82, 2.24) is 30.5 Å². The Hall–Kier alpha value is -2.69. The minimum absolute atomic E-state index is 0.0932. The van der Waals surface area contributed by atoms with Gasteiger partial charge in [-0.15, -0.1) is 0 Å². The molecule has 2 aromatic heterocycles. The van der Waals surface area contributed by atoms with Crippen LogP contribution in [0.1, 0.15) is 10.5 Å². The van der Waals surface area contributed by atoms with Crippen LogP contribution in [0, 0.1) is 0 Å². The maximum atomic E-state index is 12.8. The van der Waals surface area contributed by atoms with Gasteiger partial charge in [0.15, 0.2) is 0 Å². The number of rotatable bonds is 2. The van der Waals surface area contributed by atoms with E-state index in [0.29, 0.717) is 18.9 Å². The number of nitrogens with zero attached hydrogens (tertiary/aromatic N) is 3. The first kappa shape index (κ1) is 17.1. The number of aromatic nitrogens is 3. The summed E-state index contributed by atoms with van der Waals surface area (Å²) < 4.78 is 1.29. The molecule has 0 radical (unpaired) electrons. The number of halogens is 1. The number of nitrogen functional groups attached to an aromatic ring is 1. The largest absolute Gasteiger partial charge is 0.384 e. The van der Waals surface area contributed by atoms with E-state index < -0.39 is 11.5 Å². The molecule has 0 bridgehead atoms. The molecule has 0 spiro atoms. The zero-order valence-corrected chi connectivity index (χ0v) is 13.9. The lowest BCUT2D eigenvalue weighted by molar-refractivity contribution is 0.0938. The van der Waals surface area contributed by atoms with Gasteiger partial charge in [-0.25, -0.2) is 9.97 Å². The van der Waals surface area contributed by atoms with Crippen LogP contribution in [0.5, 0.6) is 0 Å². The number of anilines is 3. The van der Waals surface area contributed by atoms with Gasteiger partial charge in [-0.1, -0.05) is 11.6 Å². The first-order chi connectivity index (χ1) is 12.1. The highest BCUT2D eigenvalue weighted by Crippen LogP contribution is 2.20. The van der Waals surface area contributed by atoms with Crippen molar-refractivity contribution in [2.24, 2.45) is 0 Å². The van der Waals surface area contributed by atoms with Crippen LogP contribution in [0.15, 0.2) is 23.3 Å². The molecule has 0 aromatic carbocycles. The quantitative estimate of drug-likeness (QED) is 0.478. The number of carbonyl (C=O) groups is 1. The molecule has 0 atom stereocenters. The predicted molar refractivity (Wildman–Crippen MR) is 93.8 cm³/mol. The highest BCUT2D eigenvalue weighted by Gasteiger charge is 2.20. The van der Waals surface area contributed by atoms with Gasteiger partial charge in [0.1, 0.15) is 29.3 Å². The van der Waals surface area contributed by atoms with Gasteiger partial charge in [0.25, 0.3) is 11.5 Å². The van der Waals surface area contributed by atoms with Crippen LogP contribution in [-0.2, 0) is 6.67 Å². The third kappa shape index (κ3) is 3.87. The van der Waals surface area contributed by atoms with Crippen LogP contribution in [-0.4, -0.2) is 40.2 Å². The number of hydrogen-bond donors (Lipinski definition) is 5. The summed E-state index contributed by atoms with van der Waals surface area (Å²) in [6, 6.07) is 2.88. The number of amides is 1. The van der Waals surface area contributed by atoms with Crippen LogP contribution in [0.2, 0.25) is 5.02 Å². The van der Waals surface area contributed by atoms with Gasteiger partial charge in [-0.3, -0.25) is 24.8 Å².